The highest BCUT2D eigenvalue weighted by molar-refractivity contribution is 6.03. The second-order valence-electron chi connectivity index (χ2n) is 10.8. The van der Waals surface area contributed by atoms with Gasteiger partial charge in [-0.2, -0.15) is 9.97 Å². The van der Waals surface area contributed by atoms with Gasteiger partial charge in [-0.3, -0.25) is 9.69 Å². The monoisotopic (exact) mass is 609 g/mol. The Balaban J connectivity index is 0.00000216. The van der Waals surface area contributed by atoms with Crippen molar-refractivity contribution in [3.63, 3.8) is 0 Å². The van der Waals surface area contributed by atoms with Gasteiger partial charge in [-0.1, -0.05) is 20.8 Å². The molecule has 2 aliphatic rings. The summed E-state index contributed by atoms with van der Waals surface area (Å²) >= 11 is 0. The maximum atomic E-state index is 13.2. The lowest BCUT2D eigenvalue weighted by Gasteiger charge is -2.27. The van der Waals surface area contributed by atoms with E-state index in [0.29, 0.717) is 30.6 Å². The topological polar surface area (TPSA) is 120 Å². The zero-order chi connectivity index (χ0) is 31.6. The van der Waals surface area contributed by atoms with Gasteiger partial charge in [-0.25, -0.2) is 0 Å². The largest absolute Gasteiger partial charge is 0.493 e. The molecule has 1 unspecified atom stereocenters. The first-order valence-electron chi connectivity index (χ1n) is 15.6. The van der Waals surface area contributed by atoms with E-state index in [0.717, 1.165) is 63.6 Å². The Morgan fingerprint density at radius 1 is 1.07 bits per heavy atom. The number of methoxy groups -OCH3 is 2. The summed E-state index contributed by atoms with van der Waals surface area (Å²) in [6.45, 7) is 16.3. The van der Waals surface area contributed by atoms with E-state index in [1.54, 1.807) is 6.07 Å². The number of hydrogen-bond acceptors (Lipinski definition) is 10. The van der Waals surface area contributed by atoms with Crippen molar-refractivity contribution >= 4 is 17.5 Å². The van der Waals surface area contributed by atoms with Crippen LogP contribution in [0, 0.1) is 13.8 Å². The SMILES string of the molecule is CC.COc1nc(NCCCN2CCOCC2)nc(OC)c1NC(=O)c1ccc(Cc2c(C)cc3c(c2C)C(C)CCO3)o1. The van der Waals surface area contributed by atoms with Crippen LogP contribution in [0.4, 0.5) is 11.6 Å². The molecule has 0 spiro atoms. The molecular formula is C33H47N5O6. The first-order valence-corrected chi connectivity index (χ1v) is 15.6. The summed E-state index contributed by atoms with van der Waals surface area (Å²) < 4.78 is 28.3. The average molecular weight is 610 g/mol. The van der Waals surface area contributed by atoms with Crippen LogP contribution >= 0.6 is 0 Å². The number of ether oxygens (including phenoxy) is 4. The number of carbonyl (C=O) groups excluding carboxylic acids is 1. The number of hydrogen-bond donors (Lipinski definition) is 2. The molecule has 3 aromatic rings. The highest BCUT2D eigenvalue weighted by Crippen LogP contribution is 2.39. The average Bonchev–Trinajstić information content (AvgIpc) is 3.52. The van der Waals surface area contributed by atoms with Gasteiger partial charge in [0.05, 0.1) is 34.0 Å². The van der Waals surface area contributed by atoms with E-state index >= 15 is 0 Å². The Morgan fingerprint density at radius 3 is 2.45 bits per heavy atom. The van der Waals surface area contributed by atoms with Crippen LogP contribution in [0.25, 0.3) is 0 Å². The lowest BCUT2D eigenvalue weighted by molar-refractivity contribution is 0.0378. The lowest BCUT2D eigenvalue weighted by Crippen LogP contribution is -2.37. The van der Waals surface area contributed by atoms with E-state index in [-0.39, 0.29) is 23.2 Å². The van der Waals surface area contributed by atoms with Crippen molar-refractivity contribution in [3.8, 4) is 17.5 Å². The summed E-state index contributed by atoms with van der Waals surface area (Å²) in [6.07, 6.45) is 2.50. The maximum Gasteiger partial charge on any atom is 0.291 e. The first-order chi connectivity index (χ1) is 21.4. The number of fused-ring (bicyclic) bond motifs is 1. The quantitative estimate of drug-likeness (QED) is 0.266. The molecule has 44 heavy (non-hydrogen) atoms. The van der Waals surface area contributed by atoms with E-state index in [2.05, 4.69) is 52.3 Å². The fraction of sp³-hybridized carbons (Fsp3) is 0.545. The number of furan rings is 1. The van der Waals surface area contributed by atoms with Crippen LogP contribution in [-0.2, 0) is 11.2 Å². The van der Waals surface area contributed by atoms with Crippen molar-refractivity contribution < 1.29 is 28.2 Å². The number of aromatic nitrogens is 2. The fourth-order valence-electron chi connectivity index (χ4n) is 5.67. The van der Waals surface area contributed by atoms with Crippen molar-refractivity contribution in [3.05, 3.63) is 52.0 Å². The third-order valence-corrected chi connectivity index (χ3v) is 7.99. The third kappa shape index (κ3) is 7.81. The van der Waals surface area contributed by atoms with Gasteiger partial charge in [-0.05, 0) is 74.0 Å². The van der Waals surface area contributed by atoms with Crippen LogP contribution in [-0.4, -0.2) is 81.0 Å². The molecule has 0 radical (unpaired) electrons. The number of rotatable bonds is 11. The number of morpholine rings is 1. The molecule has 1 fully saturated rings. The van der Waals surface area contributed by atoms with Crippen molar-refractivity contribution in [1.29, 1.82) is 0 Å². The summed E-state index contributed by atoms with van der Waals surface area (Å²) in [4.78, 5) is 24.5. The van der Waals surface area contributed by atoms with Crippen LogP contribution in [0.2, 0.25) is 0 Å². The Labute approximate surface area is 260 Å². The molecule has 2 N–H and O–H groups in total. The van der Waals surface area contributed by atoms with Gasteiger partial charge in [0.2, 0.25) is 17.7 Å². The molecule has 11 nitrogen and oxygen atoms in total. The molecule has 1 amide bonds. The molecule has 0 bridgehead atoms. The number of benzene rings is 1. The zero-order valence-corrected chi connectivity index (χ0v) is 27.2. The van der Waals surface area contributed by atoms with Gasteiger partial charge in [0.15, 0.2) is 11.4 Å². The molecule has 0 saturated carbocycles. The Bertz CT molecular complexity index is 1380. The molecule has 2 aromatic heterocycles. The van der Waals surface area contributed by atoms with Crippen LogP contribution in [0.15, 0.2) is 22.6 Å². The number of anilines is 2. The molecule has 0 aliphatic carbocycles. The van der Waals surface area contributed by atoms with Crippen molar-refractivity contribution in [2.45, 2.75) is 59.8 Å². The molecule has 5 rings (SSSR count). The van der Waals surface area contributed by atoms with Gasteiger partial charge in [-0.15, -0.1) is 0 Å². The number of amides is 1. The van der Waals surface area contributed by atoms with Gasteiger partial charge >= 0.3 is 0 Å². The Kier molecular flexibility index (Phi) is 11.8. The van der Waals surface area contributed by atoms with Crippen LogP contribution in [0.5, 0.6) is 17.5 Å². The minimum atomic E-state index is -0.450. The third-order valence-electron chi connectivity index (χ3n) is 7.99. The summed E-state index contributed by atoms with van der Waals surface area (Å²) in [5.41, 5.74) is 5.06. The molecule has 1 aromatic carbocycles. The number of nitrogens with one attached hydrogen (secondary N) is 2. The van der Waals surface area contributed by atoms with Gasteiger partial charge < -0.3 is 34.0 Å². The molecule has 1 atom stereocenters. The summed E-state index contributed by atoms with van der Waals surface area (Å²) in [5.74, 6) is 2.57. The number of aryl methyl sites for hydroxylation is 1. The van der Waals surface area contributed by atoms with Crippen molar-refractivity contribution in [2.24, 2.45) is 0 Å². The molecule has 240 valence electrons. The smallest absolute Gasteiger partial charge is 0.291 e. The normalized spacial score (nSPS) is 16.2. The second-order valence-corrected chi connectivity index (χ2v) is 10.8. The minimum Gasteiger partial charge on any atom is -0.493 e. The van der Waals surface area contributed by atoms with E-state index < -0.39 is 5.91 Å². The van der Waals surface area contributed by atoms with Crippen LogP contribution < -0.4 is 24.8 Å². The van der Waals surface area contributed by atoms with E-state index in [9.17, 15) is 4.79 Å². The summed E-state index contributed by atoms with van der Waals surface area (Å²) in [7, 11) is 2.97. The summed E-state index contributed by atoms with van der Waals surface area (Å²) in [5, 5.41) is 6.03. The Morgan fingerprint density at radius 2 is 1.77 bits per heavy atom. The highest BCUT2D eigenvalue weighted by atomic mass is 16.5. The molecule has 1 saturated heterocycles. The fourth-order valence-corrected chi connectivity index (χ4v) is 5.67. The van der Waals surface area contributed by atoms with Crippen LogP contribution in [0.3, 0.4) is 0 Å². The summed E-state index contributed by atoms with van der Waals surface area (Å²) in [6, 6.07) is 5.62. The minimum absolute atomic E-state index is 0.171. The molecule has 11 heteroatoms. The Hall–Kier alpha value is -3.83. The maximum absolute atomic E-state index is 13.2. The lowest BCUT2D eigenvalue weighted by atomic mass is 9.85. The van der Waals surface area contributed by atoms with Gasteiger partial charge in [0.25, 0.3) is 5.91 Å². The molecular weight excluding hydrogens is 562 g/mol. The molecule has 4 heterocycles. The van der Waals surface area contributed by atoms with E-state index in [1.165, 1.54) is 30.9 Å². The van der Waals surface area contributed by atoms with Crippen molar-refractivity contribution in [1.82, 2.24) is 14.9 Å². The van der Waals surface area contributed by atoms with Crippen LogP contribution in [0.1, 0.15) is 78.1 Å². The highest BCUT2D eigenvalue weighted by Gasteiger charge is 2.25. The van der Waals surface area contributed by atoms with E-state index in [4.69, 9.17) is 23.4 Å². The number of nitrogens with zero attached hydrogens (tertiary/aromatic N) is 3. The molecule has 2 aliphatic heterocycles. The van der Waals surface area contributed by atoms with Crippen molar-refractivity contribution in [2.75, 3.05) is 70.9 Å². The zero-order valence-electron chi connectivity index (χ0n) is 27.2. The standard InChI is InChI=1S/C31H41N5O6.C2H6/c1-19-9-14-41-25-17-20(2)23(21(3)26(19)25)18-22-7-8-24(42-22)28(37)33-27-29(38-4)34-31(35-30(27)39-5)32-10-6-11-36-12-15-40-16-13-36;1-2/h7-8,17,19H,6,9-16,18H2,1-5H3,(H,33,37)(H,32,34,35);1-2H3. The second kappa shape index (κ2) is 15.8. The van der Waals surface area contributed by atoms with E-state index in [1.807, 2.05) is 19.9 Å². The van der Waals surface area contributed by atoms with Gasteiger partial charge in [0, 0.05) is 31.6 Å². The predicted molar refractivity (Wildman–Crippen MR) is 171 cm³/mol. The first kappa shape index (κ1) is 33.1. The van der Waals surface area contributed by atoms with Gasteiger partial charge in [0.1, 0.15) is 11.5 Å². The number of carbonyl (C=O) groups is 1. The predicted octanol–water partition coefficient (Wildman–Crippen LogP) is 5.59.